The van der Waals surface area contributed by atoms with E-state index in [1.807, 2.05) is 18.2 Å². The fraction of sp³-hybridized carbons (Fsp3) is 0.391. The molecule has 2 heterocycles. The van der Waals surface area contributed by atoms with Crippen LogP contribution in [0.3, 0.4) is 0 Å². The molecule has 1 amide bonds. The molecule has 0 bridgehead atoms. The number of nitro groups is 1. The number of carbonyl (C=O) groups is 1. The summed E-state index contributed by atoms with van der Waals surface area (Å²) in [4.78, 5) is 32.6. The summed E-state index contributed by atoms with van der Waals surface area (Å²) in [5.41, 5.74) is 1.55. The summed E-state index contributed by atoms with van der Waals surface area (Å²) in [5, 5.41) is 11.6. The van der Waals surface area contributed by atoms with E-state index in [1.165, 1.54) is 23.5 Å². The lowest BCUT2D eigenvalue weighted by atomic mass is 10.1. The SMILES string of the molecule is COc1ccc2nc(N(CCCN3CCOCC3)C(=O)Cc3ccc([N+](=O)[O-])cc3)sc2c1. The Bertz CT molecular complexity index is 1110. The lowest BCUT2D eigenvalue weighted by Gasteiger charge is -2.27. The number of rotatable bonds is 9. The zero-order chi connectivity index (χ0) is 23.2. The fourth-order valence-electron chi connectivity index (χ4n) is 3.74. The van der Waals surface area contributed by atoms with Crippen molar-refractivity contribution in [1.82, 2.24) is 9.88 Å². The van der Waals surface area contributed by atoms with Crippen LogP contribution in [0, 0.1) is 10.1 Å². The first-order chi connectivity index (χ1) is 16.0. The van der Waals surface area contributed by atoms with E-state index in [2.05, 4.69) is 4.90 Å². The van der Waals surface area contributed by atoms with E-state index >= 15 is 0 Å². The molecule has 1 fully saturated rings. The molecule has 1 aliphatic rings. The third-order valence-electron chi connectivity index (χ3n) is 5.58. The van der Waals surface area contributed by atoms with Crippen molar-refractivity contribution in [2.75, 3.05) is 51.4 Å². The number of amides is 1. The van der Waals surface area contributed by atoms with Crippen LogP contribution in [-0.2, 0) is 16.0 Å². The fourth-order valence-corrected chi connectivity index (χ4v) is 4.78. The Morgan fingerprint density at radius 2 is 2.00 bits per heavy atom. The molecule has 1 aliphatic heterocycles. The molecule has 0 saturated carbocycles. The van der Waals surface area contributed by atoms with Crippen LogP contribution in [0.2, 0.25) is 0 Å². The zero-order valence-electron chi connectivity index (χ0n) is 18.4. The largest absolute Gasteiger partial charge is 0.497 e. The molecule has 0 unspecified atom stereocenters. The number of fused-ring (bicyclic) bond motifs is 1. The third kappa shape index (κ3) is 5.84. The van der Waals surface area contributed by atoms with Gasteiger partial charge < -0.3 is 9.47 Å². The number of ether oxygens (including phenoxy) is 2. The van der Waals surface area contributed by atoms with E-state index < -0.39 is 4.92 Å². The van der Waals surface area contributed by atoms with Gasteiger partial charge in [-0.05, 0) is 30.2 Å². The van der Waals surface area contributed by atoms with Crippen LogP contribution in [0.15, 0.2) is 42.5 Å². The second-order valence-electron chi connectivity index (χ2n) is 7.78. The van der Waals surface area contributed by atoms with Gasteiger partial charge in [-0.15, -0.1) is 0 Å². The topological polar surface area (TPSA) is 98.0 Å². The van der Waals surface area contributed by atoms with Crippen molar-refractivity contribution in [3.05, 3.63) is 58.1 Å². The minimum absolute atomic E-state index is 0.00804. The third-order valence-corrected chi connectivity index (χ3v) is 6.62. The van der Waals surface area contributed by atoms with E-state index in [0.717, 1.165) is 60.8 Å². The average Bonchev–Trinajstić information content (AvgIpc) is 3.25. The second-order valence-corrected chi connectivity index (χ2v) is 8.79. The van der Waals surface area contributed by atoms with Gasteiger partial charge in [-0.3, -0.25) is 24.7 Å². The van der Waals surface area contributed by atoms with Gasteiger partial charge in [0.25, 0.3) is 5.69 Å². The number of hydrogen-bond acceptors (Lipinski definition) is 8. The van der Waals surface area contributed by atoms with Crippen molar-refractivity contribution in [2.45, 2.75) is 12.8 Å². The summed E-state index contributed by atoms with van der Waals surface area (Å²) < 4.78 is 11.7. The van der Waals surface area contributed by atoms with Gasteiger partial charge in [-0.2, -0.15) is 0 Å². The summed E-state index contributed by atoms with van der Waals surface area (Å²) in [6.07, 6.45) is 0.958. The standard InChI is InChI=1S/C23H26N4O5S/c1-31-19-7-8-20-21(16-19)33-23(24-20)26(10-2-9-25-11-13-32-14-12-25)22(28)15-17-3-5-18(6-4-17)27(29)30/h3-8,16H,2,9-15H2,1H3. The van der Waals surface area contributed by atoms with Gasteiger partial charge >= 0.3 is 0 Å². The first-order valence-corrected chi connectivity index (χ1v) is 11.6. The predicted molar refractivity (Wildman–Crippen MR) is 127 cm³/mol. The van der Waals surface area contributed by atoms with E-state index in [4.69, 9.17) is 14.5 Å². The molecule has 0 atom stereocenters. The minimum Gasteiger partial charge on any atom is -0.497 e. The summed E-state index contributed by atoms with van der Waals surface area (Å²) in [7, 11) is 1.62. The highest BCUT2D eigenvalue weighted by molar-refractivity contribution is 7.22. The molecule has 10 heteroatoms. The Morgan fingerprint density at radius 3 is 2.70 bits per heavy atom. The van der Waals surface area contributed by atoms with Crippen LogP contribution in [0.25, 0.3) is 10.2 Å². The molecule has 33 heavy (non-hydrogen) atoms. The number of carbonyl (C=O) groups excluding carboxylic acids is 1. The Kier molecular flexibility index (Phi) is 7.48. The van der Waals surface area contributed by atoms with Crippen LogP contribution in [0.1, 0.15) is 12.0 Å². The molecule has 0 aliphatic carbocycles. The van der Waals surface area contributed by atoms with Crippen molar-refractivity contribution >= 4 is 38.3 Å². The molecular weight excluding hydrogens is 444 g/mol. The van der Waals surface area contributed by atoms with Gasteiger partial charge in [0.05, 0.1) is 41.9 Å². The van der Waals surface area contributed by atoms with E-state index in [9.17, 15) is 14.9 Å². The molecule has 0 radical (unpaired) electrons. The van der Waals surface area contributed by atoms with Gasteiger partial charge in [0.2, 0.25) is 5.91 Å². The highest BCUT2D eigenvalue weighted by Gasteiger charge is 2.21. The van der Waals surface area contributed by atoms with Crippen molar-refractivity contribution in [3.63, 3.8) is 0 Å². The zero-order valence-corrected chi connectivity index (χ0v) is 19.3. The number of hydrogen-bond donors (Lipinski definition) is 0. The molecule has 3 aromatic rings. The van der Waals surface area contributed by atoms with Crippen molar-refractivity contribution < 1.29 is 19.2 Å². The minimum atomic E-state index is -0.445. The van der Waals surface area contributed by atoms with Gasteiger partial charge in [0, 0.05) is 38.3 Å². The number of thiazole rings is 1. The maximum atomic E-state index is 13.3. The Labute approximate surface area is 195 Å². The molecule has 0 spiro atoms. The highest BCUT2D eigenvalue weighted by Crippen LogP contribution is 2.32. The molecule has 2 aromatic carbocycles. The van der Waals surface area contributed by atoms with Gasteiger partial charge in [-0.25, -0.2) is 4.98 Å². The molecule has 174 valence electrons. The predicted octanol–water partition coefficient (Wildman–Crippen LogP) is 3.51. The van der Waals surface area contributed by atoms with Crippen molar-refractivity contribution in [3.8, 4) is 5.75 Å². The van der Waals surface area contributed by atoms with Gasteiger partial charge in [0.1, 0.15) is 5.75 Å². The normalized spacial score (nSPS) is 14.3. The Morgan fingerprint density at radius 1 is 1.24 bits per heavy atom. The molecule has 0 N–H and O–H groups in total. The molecule has 4 rings (SSSR count). The number of non-ortho nitro benzene ring substituents is 1. The van der Waals surface area contributed by atoms with Crippen LogP contribution in [-0.4, -0.2) is 67.2 Å². The molecular formula is C23H26N4O5S. The maximum Gasteiger partial charge on any atom is 0.269 e. The lowest BCUT2D eigenvalue weighted by molar-refractivity contribution is -0.384. The van der Waals surface area contributed by atoms with Crippen LogP contribution >= 0.6 is 11.3 Å². The average molecular weight is 471 g/mol. The lowest BCUT2D eigenvalue weighted by Crippen LogP contribution is -2.39. The number of anilines is 1. The summed E-state index contributed by atoms with van der Waals surface area (Å²) in [5.74, 6) is 0.658. The van der Waals surface area contributed by atoms with E-state index in [-0.39, 0.29) is 18.0 Å². The van der Waals surface area contributed by atoms with Gasteiger partial charge in [-0.1, -0.05) is 23.5 Å². The number of aromatic nitrogens is 1. The quantitative estimate of drug-likeness (QED) is 0.349. The second kappa shape index (κ2) is 10.7. The molecule has 9 nitrogen and oxygen atoms in total. The van der Waals surface area contributed by atoms with E-state index in [0.29, 0.717) is 11.7 Å². The smallest absolute Gasteiger partial charge is 0.269 e. The van der Waals surface area contributed by atoms with Crippen molar-refractivity contribution in [1.29, 1.82) is 0 Å². The Balaban J connectivity index is 1.52. The first-order valence-electron chi connectivity index (χ1n) is 10.8. The Hall–Kier alpha value is -3.08. The number of nitro benzene ring substituents is 1. The number of morpholine rings is 1. The summed E-state index contributed by atoms with van der Waals surface area (Å²) in [6.45, 7) is 4.70. The van der Waals surface area contributed by atoms with Crippen LogP contribution in [0.4, 0.5) is 10.8 Å². The van der Waals surface area contributed by atoms with Crippen molar-refractivity contribution in [2.24, 2.45) is 0 Å². The first kappa shape index (κ1) is 23.1. The highest BCUT2D eigenvalue weighted by atomic mass is 32.1. The summed E-state index contributed by atoms with van der Waals surface area (Å²) in [6, 6.07) is 11.8. The van der Waals surface area contributed by atoms with E-state index in [1.54, 1.807) is 24.1 Å². The monoisotopic (exact) mass is 470 g/mol. The summed E-state index contributed by atoms with van der Waals surface area (Å²) >= 11 is 1.46. The van der Waals surface area contributed by atoms with Crippen LogP contribution in [0.5, 0.6) is 5.75 Å². The molecule has 1 saturated heterocycles. The maximum absolute atomic E-state index is 13.3. The molecule has 1 aromatic heterocycles. The number of methoxy groups -OCH3 is 1. The van der Waals surface area contributed by atoms with Gasteiger partial charge in [0.15, 0.2) is 5.13 Å². The van der Waals surface area contributed by atoms with Crippen LogP contribution < -0.4 is 9.64 Å². The number of benzene rings is 2. The number of nitrogens with zero attached hydrogens (tertiary/aromatic N) is 4.